The molecule has 0 unspecified atom stereocenters. The van der Waals surface area contributed by atoms with Gasteiger partial charge in [-0.1, -0.05) is 36.4 Å². The molecule has 0 saturated heterocycles. The van der Waals surface area contributed by atoms with Crippen molar-refractivity contribution in [2.24, 2.45) is 5.73 Å². The van der Waals surface area contributed by atoms with Crippen molar-refractivity contribution in [1.82, 2.24) is 4.90 Å². The van der Waals surface area contributed by atoms with Gasteiger partial charge in [-0.2, -0.15) is 0 Å². The maximum absolute atomic E-state index is 13.2. The molecule has 112 valence electrons. The summed E-state index contributed by atoms with van der Waals surface area (Å²) in [6, 6.07) is 14.2. The first kappa shape index (κ1) is 15.6. The fraction of sp³-hybridized carbons (Fsp3) is 0.294. The van der Waals surface area contributed by atoms with Crippen LogP contribution >= 0.6 is 0 Å². The van der Waals surface area contributed by atoms with Crippen LogP contribution in [0.3, 0.4) is 0 Å². The fourth-order valence-corrected chi connectivity index (χ4v) is 2.28. The van der Waals surface area contributed by atoms with Gasteiger partial charge >= 0.3 is 0 Å². The molecule has 2 aromatic carbocycles. The van der Waals surface area contributed by atoms with Gasteiger partial charge in [0.25, 0.3) is 0 Å². The maximum Gasteiger partial charge on any atom is 0.159 e. The van der Waals surface area contributed by atoms with E-state index in [9.17, 15) is 8.78 Å². The summed E-state index contributed by atoms with van der Waals surface area (Å²) in [4.78, 5) is 2.15. The van der Waals surface area contributed by atoms with E-state index in [2.05, 4.69) is 17.0 Å². The van der Waals surface area contributed by atoms with Crippen molar-refractivity contribution in [2.75, 3.05) is 19.6 Å². The summed E-state index contributed by atoms with van der Waals surface area (Å²) in [5.41, 5.74) is 7.64. The van der Waals surface area contributed by atoms with Gasteiger partial charge in [0.05, 0.1) is 0 Å². The highest BCUT2D eigenvalue weighted by Gasteiger charge is 2.08. The summed E-state index contributed by atoms with van der Waals surface area (Å²) in [5, 5.41) is 0. The second-order valence-electron chi connectivity index (χ2n) is 5.05. The number of hydrogen-bond donors (Lipinski definition) is 1. The molecule has 2 rings (SSSR count). The summed E-state index contributed by atoms with van der Waals surface area (Å²) < 4.78 is 26.2. The number of rotatable bonds is 7. The van der Waals surface area contributed by atoms with E-state index in [4.69, 9.17) is 5.73 Å². The molecule has 0 aliphatic heterocycles. The molecule has 2 N–H and O–H groups in total. The van der Waals surface area contributed by atoms with Gasteiger partial charge in [-0.15, -0.1) is 0 Å². The minimum absolute atomic E-state index is 0.540. The number of benzene rings is 2. The van der Waals surface area contributed by atoms with Crippen LogP contribution in [0.15, 0.2) is 48.5 Å². The molecule has 0 aromatic heterocycles. The predicted octanol–water partition coefficient (Wildman–Crippen LogP) is 2.97. The van der Waals surface area contributed by atoms with E-state index < -0.39 is 11.6 Å². The summed E-state index contributed by atoms with van der Waals surface area (Å²) in [7, 11) is 0. The molecular formula is C17H20F2N2. The van der Waals surface area contributed by atoms with E-state index in [-0.39, 0.29) is 0 Å². The molecular weight excluding hydrogens is 270 g/mol. The van der Waals surface area contributed by atoms with Crippen molar-refractivity contribution in [3.63, 3.8) is 0 Å². The van der Waals surface area contributed by atoms with Crippen LogP contribution in [-0.4, -0.2) is 24.5 Å². The number of nitrogens with two attached hydrogens (primary N) is 1. The van der Waals surface area contributed by atoms with Crippen LogP contribution in [0.4, 0.5) is 8.78 Å². The molecule has 21 heavy (non-hydrogen) atoms. The normalized spacial score (nSPS) is 11.0. The predicted molar refractivity (Wildman–Crippen MR) is 80.8 cm³/mol. The lowest BCUT2D eigenvalue weighted by molar-refractivity contribution is 0.276. The first-order valence-corrected chi connectivity index (χ1v) is 7.09. The van der Waals surface area contributed by atoms with Crippen molar-refractivity contribution < 1.29 is 8.78 Å². The lowest BCUT2D eigenvalue weighted by Gasteiger charge is -2.21. The number of hydrogen-bond acceptors (Lipinski definition) is 2. The van der Waals surface area contributed by atoms with Gasteiger partial charge in [0.1, 0.15) is 0 Å². The van der Waals surface area contributed by atoms with Crippen LogP contribution in [0.25, 0.3) is 0 Å². The van der Waals surface area contributed by atoms with Gasteiger partial charge < -0.3 is 5.73 Å². The Labute approximate surface area is 124 Å². The summed E-state index contributed by atoms with van der Waals surface area (Å²) in [6.07, 6.45) is 0.907. The summed E-state index contributed by atoms with van der Waals surface area (Å²) in [5.74, 6) is -1.61. The fourth-order valence-electron chi connectivity index (χ4n) is 2.28. The molecule has 0 aliphatic rings. The highest BCUT2D eigenvalue weighted by molar-refractivity contribution is 5.18. The molecule has 0 amide bonds. The van der Waals surface area contributed by atoms with Crippen molar-refractivity contribution in [3.05, 3.63) is 71.3 Å². The molecule has 0 bridgehead atoms. The van der Waals surface area contributed by atoms with Crippen LogP contribution in [0.1, 0.15) is 11.1 Å². The first-order chi connectivity index (χ1) is 10.2. The first-order valence-electron chi connectivity index (χ1n) is 7.09. The number of nitrogens with zero attached hydrogens (tertiary/aromatic N) is 1. The third-order valence-corrected chi connectivity index (χ3v) is 3.40. The molecule has 0 saturated carbocycles. The van der Waals surface area contributed by atoms with Gasteiger partial charge in [0.2, 0.25) is 0 Å². The maximum atomic E-state index is 13.2. The Morgan fingerprint density at radius 1 is 0.857 bits per heavy atom. The topological polar surface area (TPSA) is 29.3 Å². The lowest BCUT2D eigenvalue weighted by atomic mass is 10.1. The Hall–Kier alpha value is -1.78. The third kappa shape index (κ3) is 4.92. The van der Waals surface area contributed by atoms with E-state index in [1.165, 1.54) is 17.7 Å². The Bertz CT molecular complexity index is 558. The monoisotopic (exact) mass is 290 g/mol. The van der Waals surface area contributed by atoms with Crippen molar-refractivity contribution in [3.8, 4) is 0 Å². The minimum Gasteiger partial charge on any atom is -0.329 e. The molecule has 0 aliphatic carbocycles. The molecule has 0 radical (unpaired) electrons. The van der Waals surface area contributed by atoms with Gasteiger partial charge in [-0.3, -0.25) is 4.90 Å². The average Bonchev–Trinajstić information content (AvgIpc) is 2.50. The van der Waals surface area contributed by atoms with Crippen molar-refractivity contribution in [1.29, 1.82) is 0 Å². The van der Waals surface area contributed by atoms with E-state index >= 15 is 0 Å². The minimum atomic E-state index is -0.812. The highest BCUT2D eigenvalue weighted by atomic mass is 19.2. The largest absolute Gasteiger partial charge is 0.329 e. The third-order valence-electron chi connectivity index (χ3n) is 3.40. The van der Waals surface area contributed by atoms with E-state index in [0.29, 0.717) is 13.1 Å². The Kier molecular flexibility index (Phi) is 5.84. The van der Waals surface area contributed by atoms with Crippen LogP contribution in [0.2, 0.25) is 0 Å². The van der Waals surface area contributed by atoms with E-state index in [1.54, 1.807) is 6.07 Å². The highest BCUT2D eigenvalue weighted by Crippen LogP contribution is 2.11. The van der Waals surface area contributed by atoms with Crippen molar-refractivity contribution in [2.45, 2.75) is 13.0 Å². The molecule has 0 spiro atoms. The van der Waals surface area contributed by atoms with Gasteiger partial charge in [-0.05, 0) is 29.7 Å². The average molecular weight is 290 g/mol. The second-order valence-corrected chi connectivity index (χ2v) is 5.05. The smallest absolute Gasteiger partial charge is 0.159 e. The molecule has 2 nitrogen and oxygen atoms in total. The number of halogens is 2. The quantitative estimate of drug-likeness (QED) is 0.849. The van der Waals surface area contributed by atoms with E-state index in [1.807, 2.05) is 18.2 Å². The van der Waals surface area contributed by atoms with Gasteiger partial charge in [0, 0.05) is 26.2 Å². The standard InChI is InChI=1S/C17H20F2N2/c18-16-7-6-15(12-17(16)19)13-21(11-9-20)10-8-14-4-2-1-3-5-14/h1-7,12H,8-11,13,20H2. The molecule has 2 aromatic rings. The Morgan fingerprint density at radius 2 is 1.62 bits per heavy atom. The zero-order valence-corrected chi connectivity index (χ0v) is 11.9. The lowest BCUT2D eigenvalue weighted by Crippen LogP contribution is -2.31. The van der Waals surface area contributed by atoms with Crippen LogP contribution in [0.5, 0.6) is 0 Å². The molecule has 0 fully saturated rings. The van der Waals surface area contributed by atoms with Crippen molar-refractivity contribution >= 4 is 0 Å². The van der Waals surface area contributed by atoms with Gasteiger partial charge in [-0.25, -0.2) is 8.78 Å². The Morgan fingerprint density at radius 3 is 2.29 bits per heavy atom. The van der Waals surface area contributed by atoms with Gasteiger partial charge in [0.15, 0.2) is 11.6 Å². The summed E-state index contributed by atoms with van der Waals surface area (Å²) >= 11 is 0. The van der Waals surface area contributed by atoms with Crippen LogP contribution in [-0.2, 0) is 13.0 Å². The van der Waals surface area contributed by atoms with Crippen LogP contribution < -0.4 is 5.73 Å². The second kappa shape index (κ2) is 7.86. The van der Waals surface area contributed by atoms with Crippen LogP contribution in [0, 0.1) is 11.6 Å². The Balaban J connectivity index is 1.96. The zero-order valence-electron chi connectivity index (χ0n) is 11.9. The molecule has 4 heteroatoms. The SMILES string of the molecule is NCCN(CCc1ccccc1)Cc1ccc(F)c(F)c1. The summed E-state index contributed by atoms with van der Waals surface area (Å²) in [6.45, 7) is 2.67. The zero-order chi connectivity index (χ0) is 15.1. The molecule has 0 atom stereocenters. The van der Waals surface area contributed by atoms with E-state index in [0.717, 1.165) is 25.1 Å². The molecule has 0 heterocycles.